The Labute approximate surface area is 142 Å². The Hall–Kier alpha value is -0.950. The van der Waals surface area contributed by atoms with Crippen LogP contribution in [0.25, 0.3) is 0 Å². The molecule has 120 valence electrons. The zero-order valence-corrected chi connectivity index (χ0v) is 15.0. The first-order chi connectivity index (χ1) is 10.2. The lowest BCUT2D eigenvalue weighted by atomic mass is 9.78. The van der Waals surface area contributed by atoms with Gasteiger partial charge in [-0.25, -0.2) is 0 Å². The fraction of sp³-hybridized carbons (Fsp3) is 0.588. The number of likely N-dealkylation sites (tertiary alicyclic amines) is 1. The summed E-state index contributed by atoms with van der Waals surface area (Å²) in [5.74, 6) is 0.736. The molecule has 0 saturated carbocycles. The van der Waals surface area contributed by atoms with Crippen molar-refractivity contribution in [2.24, 2.45) is 0 Å². The van der Waals surface area contributed by atoms with Crippen molar-refractivity contribution < 1.29 is 4.74 Å². The highest BCUT2D eigenvalue weighted by molar-refractivity contribution is 6.42. The van der Waals surface area contributed by atoms with Crippen LogP contribution in [0.3, 0.4) is 0 Å². The lowest BCUT2D eigenvalue weighted by molar-refractivity contribution is -0.0647. The van der Waals surface area contributed by atoms with Crippen LogP contribution in [0.5, 0.6) is 5.75 Å². The Morgan fingerprint density at radius 1 is 1.18 bits per heavy atom. The van der Waals surface area contributed by atoms with Gasteiger partial charge >= 0.3 is 0 Å². The molecule has 3 nitrogen and oxygen atoms in total. The van der Waals surface area contributed by atoms with E-state index in [1.54, 1.807) is 12.1 Å². The Balaban J connectivity index is 2.17. The molecular formula is C17H22Cl2N2O. The van der Waals surface area contributed by atoms with E-state index in [1.807, 2.05) is 6.07 Å². The minimum atomic E-state index is -0.0988. The molecule has 1 fully saturated rings. The van der Waals surface area contributed by atoms with Crippen LogP contribution in [-0.2, 0) is 0 Å². The van der Waals surface area contributed by atoms with Crippen LogP contribution in [0, 0.1) is 11.3 Å². The highest BCUT2D eigenvalue weighted by Gasteiger charge is 2.45. The van der Waals surface area contributed by atoms with Crippen LogP contribution in [0.4, 0.5) is 0 Å². The van der Waals surface area contributed by atoms with E-state index >= 15 is 0 Å². The zero-order valence-electron chi connectivity index (χ0n) is 13.5. The number of rotatable bonds is 3. The van der Waals surface area contributed by atoms with Gasteiger partial charge in [0.05, 0.1) is 22.7 Å². The Bertz CT molecular complexity index is 575. The van der Waals surface area contributed by atoms with Crippen molar-refractivity contribution >= 4 is 23.2 Å². The average molecular weight is 341 g/mol. The molecule has 0 bridgehead atoms. The van der Waals surface area contributed by atoms with Crippen LogP contribution < -0.4 is 4.74 Å². The fourth-order valence-corrected chi connectivity index (χ4v) is 3.84. The third kappa shape index (κ3) is 3.68. The molecule has 0 N–H and O–H groups in total. The largest absolute Gasteiger partial charge is 0.490 e. The third-order valence-electron chi connectivity index (χ3n) is 4.34. The van der Waals surface area contributed by atoms with E-state index in [9.17, 15) is 0 Å². The Morgan fingerprint density at radius 2 is 1.77 bits per heavy atom. The van der Waals surface area contributed by atoms with Gasteiger partial charge in [0.1, 0.15) is 11.9 Å². The number of ether oxygens (including phenoxy) is 1. The van der Waals surface area contributed by atoms with Gasteiger partial charge in [0, 0.05) is 30.0 Å². The summed E-state index contributed by atoms with van der Waals surface area (Å²) in [6.45, 7) is 9.08. The van der Waals surface area contributed by atoms with Crippen LogP contribution in [0.2, 0.25) is 10.0 Å². The van der Waals surface area contributed by atoms with E-state index in [4.69, 9.17) is 33.2 Å². The van der Waals surface area contributed by atoms with E-state index in [2.05, 4.69) is 38.7 Å². The SMILES string of the molecule is CC1(C)CC(Oc2ccc(Cl)c(Cl)c2)CC(C)(C)N1CC#N. The van der Waals surface area contributed by atoms with Crippen LogP contribution in [0.15, 0.2) is 18.2 Å². The zero-order chi connectivity index (χ0) is 16.5. The first kappa shape index (κ1) is 17.4. The summed E-state index contributed by atoms with van der Waals surface area (Å²) in [6.07, 6.45) is 1.80. The molecule has 1 heterocycles. The Kier molecular flexibility index (Phi) is 4.96. The Morgan fingerprint density at radius 3 is 2.27 bits per heavy atom. The second-order valence-electron chi connectivity index (χ2n) is 7.09. The molecule has 0 amide bonds. The number of benzene rings is 1. The summed E-state index contributed by atoms with van der Waals surface area (Å²) in [5.41, 5.74) is -0.198. The van der Waals surface area contributed by atoms with E-state index in [0.29, 0.717) is 16.6 Å². The molecule has 0 aliphatic carbocycles. The molecular weight excluding hydrogens is 319 g/mol. The van der Waals surface area contributed by atoms with Crippen molar-refractivity contribution in [1.82, 2.24) is 4.90 Å². The topological polar surface area (TPSA) is 36.3 Å². The van der Waals surface area contributed by atoms with Crippen molar-refractivity contribution in [1.29, 1.82) is 5.26 Å². The number of piperidine rings is 1. The molecule has 0 spiro atoms. The van der Waals surface area contributed by atoms with Gasteiger partial charge in [-0.05, 0) is 39.8 Å². The second-order valence-corrected chi connectivity index (χ2v) is 7.91. The number of nitriles is 1. The number of hydrogen-bond acceptors (Lipinski definition) is 3. The summed E-state index contributed by atoms with van der Waals surface area (Å²) in [7, 11) is 0. The highest BCUT2D eigenvalue weighted by atomic mass is 35.5. The van der Waals surface area contributed by atoms with Crippen molar-refractivity contribution in [3.8, 4) is 11.8 Å². The molecule has 0 aromatic heterocycles. The molecule has 0 atom stereocenters. The van der Waals surface area contributed by atoms with Gasteiger partial charge in [0.15, 0.2) is 0 Å². The van der Waals surface area contributed by atoms with E-state index in [-0.39, 0.29) is 17.2 Å². The normalized spacial score (nSPS) is 21.3. The molecule has 1 aromatic rings. The van der Waals surface area contributed by atoms with Gasteiger partial charge < -0.3 is 4.74 Å². The van der Waals surface area contributed by atoms with E-state index in [0.717, 1.165) is 18.6 Å². The minimum Gasteiger partial charge on any atom is -0.490 e. The number of hydrogen-bond donors (Lipinski definition) is 0. The van der Waals surface area contributed by atoms with Crippen LogP contribution in [-0.4, -0.2) is 28.6 Å². The minimum absolute atomic E-state index is 0.0807. The maximum Gasteiger partial charge on any atom is 0.121 e. The first-order valence-electron chi connectivity index (χ1n) is 7.42. The quantitative estimate of drug-likeness (QED) is 0.733. The van der Waals surface area contributed by atoms with Gasteiger partial charge in [-0.2, -0.15) is 5.26 Å². The summed E-state index contributed by atoms with van der Waals surface area (Å²) in [6, 6.07) is 7.63. The smallest absolute Gasteiger partial charge is 0.121 e. The standard InChI is InChI=1S/C17H22Cl2N2O/c1-16(2)10-13(11-17(3,4)21(16)8-7-20)22-12-5-6-14(18)15(19)9-12/h5-6,9,13H,8,10-11H2,1-4H3. The van der Waals surface area contributed by atoms with Gasteiger partial charge in [-0.3, -0.25) is 4.90 Å². The molecule has 1 saturated heterocycles. The molecule has 5 heteroatoms. The van der Waals surface area contributed by atoms with Gasteiger partial charge in [-0.1, -0.05) is 23.2 Å². The first-order valence-corrected chi connectivity index (χ1v) is 8.18. The summed E-state index contributed by atoms with van der Waals surface area (Å²) < 4.78 is 6.14. The summed E-state index contributed by atoms with van der Waals surface area (Å²) >= 11 is 12.0. The predicted octanol–water partition coefficient (Wildman–Crippen LogP) is 4.92. The van der Waals surface area contributed by atoms with E-state index < -0.39 is 0 Å². The second kappa shape index (κ2) is 6.28. The van der Waals surface area contributed by atoms with Crippen molar-refractivity contribution in [2.45, 2.75) is 57.7 Å². The van der Waals surface area contributed by atoms with Gasteiger partial charge in [0.25, 0.3) is 0 Å². The molecule has 1 aromatic carbocycles. The molecule has 1 aliphatic heterocycles. The number of nitrogens with zero attached hydrogens (tertiary/aromatic N) is 2. The maximum absolute atomic E-state index is 9.09. The third-order valence-corrected chi connectivity index (χ3v) is 5.08. The maximum atomic E-state index is 9.09. The van der Waals surface area contributed by atoms with Gasteiger partial charge in [-0.15, -0.1) is 0 Å². The van der Waals surface area contributed by atoms with Crippen molar-refractivity contribution in [3.63, 3.8) is 0 Å². The fourth-order valence-electron chi connectivity index (χ4n) is 3.55. The lowest BCUT2D eigenvalue weighted by Gasteiger charge is -2.54. The molecule has 0 radical (unpaired) electrons. The molecule has 2 rings (SSSR count). The van der Waals surface area contributed by atoms with Crippen LogP contribution in [0.1, 0.15) is 40.5 Å². The highest BCUT2D eigenvalue weighted by Crippen LogP contribution is 2.40. The lowest BCUT2D eigenvalue weighted by Crippen LogP contribution is -2.62. The van der Waals surface area contributed by atoms with Crippen molar-refractivity contribution in [2.75, 3.05) is 6.54 Å². The molecule has 0 unspecified atom stereocenters. The van der Waals surface area contributed by atoms with Gasteiger partial charge in [0.2, 0.25) is 0 Å². The summed E-state index contributed by atoms with van der Waals surface area (Å²) in [4.78, 5) is 2.26. The molecule has 1 aliphatic rings. The number of halogens is 2. The van der Waals surface area contributed by atoms with E-state index in [1.165, 1.54) is 0 Å². The predicted molar refractivity (Wildman–Crippen MR) is 90.6 cm³/mol. The monoisotopic (exact) mass is 340 g/mol. The van der Waals surface area contributed by atoms with Crippen LogP contribution >= 0.6 is 23.2 Å². The molecule has 22 heavy (non-hydrogen) atoms. The van der Waals surface area contributed by atoms with Crippen molar-refractivity contribution in [3.05, 3.63) is 28.2 Å². The summed E-state index contributed by atoms with van der Waals surface area (Å²) in [5, 5.41) is 10.1. The average Bonchev–Trinajstić information content (AvgIpc) is 2.37.